The van der Waals surface area contributed by atoms with Crippen LogP contribution in [0.1, 0.15) is 37.7 Å². The number of carbonyl (C=O) groups excluding carboxylic acids is 1. The Kier molecular flexibility index (Phi) is 7.53. The molecule has 0 saturated heterocycles. The van der Waals surface area contributed by atoms with Crippen LogP contribution in [0.3, 0.4) is 0 Å². The number of amides is 1. The molecule has 0 aliphatic heterocycles. The molecule has 24 heavy (non-hydrogen) atoms. The SMILES string of the molecule is COc1cccc(CN(C)C(=O)CN(CCO)C2CCCCC2)c1. The molecule has 1 aromatic carbocycles. The molecule has 1 aliphatic rings. The van der Waals surface area contributed by atoms with E-state index in [2.05, 4.69) is 4.90 Å². The van der Waals surface area contributed by atoms with E-state index in [1.807, 2.05) is 31.3 Å². The van der Waals surface area contributed by atoms with E-state index < -0.39 is 0 Å². The van der Waals surface area contributed by atoms with Gasteiger partial charge in [-0.05, 0) is 30.5 Å². The normalized spacial score (nSPS) is 15.5. The van der Waals surface area contributed by atoms with Gasteiger partial charge in [-0.3, -0.25) is 9.69 Å². The van der Waals surface area contributed by atoms with Gasteiger partial charge in [0.1, 0.15) is 5.75 Å². The summed E-state index contributed by atoms with van der Waals surface area (Å²) in [6, 6.07) is 8.22. The van der Waals surface area contributed by atoms with Crippen LogP contribution in [0.2, 0.25) is 0 Å². The van der Waals surface area contributed by atoms with Crippen molar-refractivity contribution in [3.05, 3.63) is 29.8 Å². The molecule has 1 aliphatic carbocycles. The van der Waals surface area contributed by atoms with Gasteiger partial charge in [0.15, 0.2) is 0 Å². The largest absolute Gasteiger partial charge is 0.497 e. The number of likely N-dealkylation sites (N-methyl/N-ethyl adjacent to an activating group) is 1. The van der Waals surface area contributed by atoms with Gasteiger partial charge in [-0.25, -0.2) is 0 Å². The van der Waals surface area contributed by atoms with Crippen LogP contribution in [-0.2, 0) is 11.3 Å². The molecule has 1 fully saturated rings. The zero-order valence-electron chi connectivity index (χ0n) is 14.9. The summed E-state index contributed by atoms with van der Waals surface area (Å²) in [6.07, 6.45) is 5.99. The monoisotopic (exact) mass is 334 g/mol. The summed E-state index contributed by atoms with van der Waals surface area (Å²) in [7, 11) is 3.48. The first-order valence-electron chi connectivity index (χ1n) is 8.86. The number of benzene rings is 1. The Morgan fingerprint density at radius 2 is 2.04 bits per heavy atom. The van der Waals surface area contributed by atoms with Crippen molar-refractivity contribution in [1.82, 2.24) is 9.80 Å². The second kappa shape index (κ2) is 9.64. The van der Waals surface area contributed by atoms with Crippen molar-refractivity contribution >= 4 is 5.91 Å². The second-order valence-electron chi connectivity index (χ2n) is 6.59. The van der Waals surface area contributed by atoms with E-state index >= 15 is 0 Å². The van der Waals surface area contributed by atoms with Crippen LogP contribution in [0, 0.1) is 0 Å². The highest BCUT2D eigenvalue weighted by Crippen LogP contribution is 2.22. The van der Waals surface area contributed by atoms with Gasteiger partial charge in [0.25, 0.3) is 0 Å². The summed E-state index contributed by atoms with van der Waals surface area (Å²) in [5, 5.41) is 9.33. The number of hydrogen-bond acceptors (Lipinski definition) is 4. The van der Waals surface area contributed by atoms with Gasteiger partial charge in [0.05, 0.1) is 20.3 Å². The third-order valence-electron chi connectivity index (χ3n) is 4.80. The van der Waals surface area contributed by atoms with E-state index in [4.69, 9.17) is 4.74 Å². The van der Waals surface area contributed by atoms with E-state index in [1.165, 1.54) is 19.3 Å². The Balaban J connectivity index is 1.92. The Hall–Kier alpha value is -1.59. The number of carbonyl (C=O) groups is 1. The summed E-state index contributed by atoms with van der Waals surface area (Å²) in [5.74, 6) is 0.898. The lowest BCUT2D eigenvalue weighted by atomic mass is 9.94. The molecule has 0 radical (unpaired) electrons. The summed E-state index contributed by atoms with van der Waals surface area (Å²) < 4.78 is 5.23. The van der Waals surface area contributed by atoms with E-state index in [1.54, 1.807) is 12.0 Å². The molecule has 5 heteroatoms. The van der Waals surface area contributed by atoms with E-state index in [-0.39, 0.29) is 12.5 Å². The number of aliphatic hydroxyl groups is 1. The quantitative estimate of drug-likeness (QED) is 0.792. The average Bonchev–Trinajstić information content (AvgIpc) is 2.62. The Bertz CT molecular complexity index is 515. The van der Waals surface area contributed by atoms with Crippen LogP contribution in [0.4, 0.5) is 0 Å². The number of ether oxygens (including phenoxy) is 1. The van der Waals surface area contributed by atoms with Crippen LogP contribution < -0.4 is 4.74 Å². The van der Waals surface area contributed by atoms with E-state index in [0.717, 1.165) is 24.2 Å². The summed E-state index contributed by atoms with van der Waals surface area (Å²) >= 11 is 0. The van der Waals surface area contributed by atoms with Gasteiger partial charge in [0, 0.05) is 26.2 Å². The number of nitrogens with zero attached hydrogens (tertiary/aromatic N) is 2. The van der Waals surface area contributed by atoms with Crippen LogP contribution in [0.15, 0.2) is 24.3 Å². The number of rotatable bonds is 8. The van der Waals surface area contributed by atoms with Crippen molar-refractivity contribution in [1.29, 1.82) is 0 Å². The van der Waals surface area contributed by atoms with E-state index in [0.29, 0.717) is 25.7 Å². The Labute approximate surface area is 145 Å². The molecule has 1 amide bonds. The van der Waals surface area contributed by atoms with Crippen LogP contribution >= 0.6 is 0 Å². The summed E-state index contributed by atoms with van der Waals surface area (Å²) in [4.78, 5) is 16.5. The maximum absolute atomic E-state index is 12.6. The van der Waals surface area contributed by atoms with Gasteiger partial charge in [-0.1, -0.05) is 31.4 Å². The van der Waals surface area contributed by atoms with Gasteiger partial charge in [0.2, 0.25) is 5.91 Å². The molecule has 0 heterocycles. The van der Waals surface area contributed by atoms with Gasteiger partial charge < -0.3 is 14.7 Å². The molecule has 0 bridgehead atoms. The molecular weight excluding hydrogens is 304 g/mol. The maximum atomic E-state index is 12.6. The molecular formula is C19H30N2O3. The first kappa shape index (κ1) is 18.7. The van der Waals surface area contributed by atoms with Crippen molar-refractivity contribution < 1.29 is 14.6 Å². The molecule has 2 rings (SSSR count). The first-order chi connectivity index (χ1) is 11.6. The zero-order valence-corrected chi connectivity index (χ0v) is 14.9. The number of aliphatic hydroxyl groups excluding tert-OH is 1. The van der Waals surface area contributed by atoms with Crippen molar-refractivity contribution in [2.45, 2.75) is 44.7 Å². The lowest BCUT2D eigenvalue weighted by Crippen LogP contribution is -2.45. The van der Waals surface area contributed by atoms with Gasteiger partial charge in [-0.15, -0.1) is 0 Å². The molecule has 1 aromatic rings. The third kappa shape index (κ3) is 5.49. The summed E-state index contributed by atoms with van der Waals surface area (Å²) in [5.41, 5.74) is 1.05. The van der Waals surface area contributed by atoms with Crippen LogP contribution in [-0.4, -0.2) is 60.7 Å². The fourth-order valence-corrected chi connectivity index (χ4v) is 3.39. The molecule has 0 spiro atoms. The third-order valence-corrected chi connectivity index (χ3v) is 4.80. The molecule has 134 valence electrons. The molecule has 5 nitrogen and oxygen atoms in total. The molecule has 1 N–H and O–H groups in total. The average molecular weight is 334 g/mol. The van der Waals surface area contributed by atoms with Crippen molar-refractivity contribution in [3.8, 4) is 5.75 Å². The first-order valence-corrected chi connectivity index (χ1v) is 8.86. The predicted molar refractivity (Wildman–Crippen MR) is 95.0 cm³/mol. The number of hydrogen-bond donors (Lipinski definition) is 1. The molecule has 0 unspecified atom stereocenters. The topological polar surface area (TPSA) is 53.0 Å². The fraction of sp³-hybridized carbons (Fsp3) is 0.632. The molecule has 1 saturated carbocycles. The molecule has 0 atom stereocenters. The standard InChI is InChI=1S/C19H30N2O3/c1-20(14-16-7-6-10-18(13-16)24-2)19(23)15-21(11-12-22)17-8-4-3-5-9-17/h6-7,10,13,17,22H,3-5,8-9,11-12,14-15H2,1-2H3. The highest BCUT2D eigenvalue weighted by Gasteiger charge is 2.23. The zero-order chi connectivity index (χ0) is 17.4. The van der Waals surface area contributed by atoms with Crippen LogP contribution in [0.5, 0.6) is 5.75 Å². The van der Waals surface area contributed by atoms with Crippen molar-refractivity contribution in [3.63, 3.8) is 0 Å². The van der Waals surface area contributed by atoms with Crippen molar-refractivity contribution in [2.75, 3.05) is 33.9 Å². The lowest BCUT2D eigenvalue weighted by Gasteiger charge is -2.34. The minimum absolute atomic E-state index is 0.0943. The second-order valence-corrected chi connectivity index (χ2v) is 6.59. The van der Waals surface area contributed by atoms with Gasteiger partial charge in [-0.2, -0.15) is 0 Å². The smallest absolute Gasteiger partial charge is 0.236 e. The van der Waals surface area contributed by atoms with Crippen molar-refractivity contribution in [2.24, 2.45) is 0 Å². The highest BCUT2D eigenvalue weighted by atomic mass is 16.5. The van der Waals surface area contributed by atoms with E-state index in [9.17, 15) is 9.90 Å². The summed E-state index contributed by atoms with van der Waals surface area (Å²) in [6.45, 7) is 1.62. The fourth-order valence-electron chi connectivity index (χ4n) is 3.39. The van der Waals surface area contributed by atoms with Crippen LogP contribution in [0.25, 0.3) is 0 Å². The predicted octanol–water partition coefficient (Wildman–Crippen LogP) is 2.28. The minimum Gasteiger partial charge on any atom is -0.497 e. The molecule has 0 aromatic heterocycles. The minimum atomic E-state index is 0.0943. The highest BCUT2D eigenvalue weighted by molar-refractivity contribution is 5.78. The number of methoxy groups -OCH3 is 1. The van der Waals surface area contributed by atoms with Gasteiger partial charge >= 0.3 is 0 Å². The lowest BCUT2D eigenvalue weighted by molar-refractivity contribution is -0.132. The maximum Gasteiger partial charge on any atom is 0.236 e. The Morgan fingerprint density at radius 3 is 2.71 bits per heavy atom. The Morgan fingerprint density at radius 1 is 1.29 bits per heavy atom.